The van der Waals surface area contributed by atoms with Crippen LogP contribution in [0, 0.1) is 27.7 Å². The SMILES string of the molecule is CSc1ccc(C(Br)c2c(C)c(C)cc(C)c2C)cc1. The lowest BCUT2D eigenvalue weighted by atomic mass is 9.90. The first-order valence-electron chi connectivity index (χ1n) is 6.81. The van der Waals surface area contributed by atoms with Crippen molar-refractivity contribution in [3.8, 4) is 0 Å². The molecule has 106 valence electrons. The number of alkyl halides is 1. The fourth-order valence-corrected chi connectivity index (χ4v) is 3.97. The van der Waals surface area contributed by atoms with Crippen molar-refractivity contribution in [3.63, 3.8) is 0 Å². The van der Waals surface area contributed by atoms with Crippen LogP contribution < -0.4 is 0 Å². The maximum Gasteiger partial charge on any atom is 0.0649 e. The third-order valence-electron chi connectivity index (χ3n) is 4.09. The molecule has 0 nitrogen and oxygen atoms in total. The average molecular weight is 349 g/mol. The zero-order chi connectivity index (χ0) is 14.9. The minimum absolute atomic E-state index is 0.261. The second-order valence-electron chi connectivity index (χ2n) is 5.31. The number of thioether (sulfide) groups is 1. The fourth-order valence-electron chi connectivity index (χ4n) is 2.57. The molecule has 1 atom stereocenters. The van der Waals surface area contributed by atoms with E-state index in [1.54, 1.807) is 11.8 Å². The van der Waals surface area contributed by atoms with E-state index in [0.717, 1.165) is 0 Å². The van der Waals surface area contributed by atoms with Crippen molar-refractivity contribution in [1.29, 1.82) is 0 Å². The molecule has 2 rings (SSSR count). The van der Waals surface area contributed by atoms with Gasteiger partial charge in [-0.1, -0.05) is 34.1 Å². The predicted molar refractivity (Wildman–Crippen MR) is 94.4 cm³/mol. The smallest absolute Gasteiger partial charge is 0.0649 e. The third kappa shape index (κ3) is 2.96. The van der Waals surface area contributed by atoms with Gasteiger partial charge in [-0.15, -0.1) is 11.8 Å². The monoisotopic (exact) mass is 348 g/mol. The summed E-state index contributed by atoms with van der Waals surface area (Å²) in [5.41, 5.74) is 8.26. The molecule has 2 heteroatoms. The highest BCUT2D eigenvalue weighted by molar-refractivity contribution is 9.09. The lowest BCUT2D eigenvalue weighted by molar-refractivity contribution is 1.07. The molecule has 1 unspecified atom stereocenters. The molecule has 0 heterocycles. The van der Waals surface area contributed by atoms with Crippen LogP contribution in [-0.2, 0) is 0 Å². The van der Waals surface area contributed by atoms with Gasteiger partial charge in [0.15, 0.2) is 0 Å². The van der Waals surface area contributed by atoms with Gasteiger partial charge in [0.05, 0.1) is 4.83 Å². The second kappa shape index (κ2) is 6.36. The van der Waals surface area contributed by atoms with E-state index in [2.05, 4.69) is 80.2 Å². The standard InChI is InChI=1S/C18H21BrS/c1-11-10-12(2)14(4)17(13(11)3)18(19)15-6-8-16(20-5)9-7-15/h6-10,18H,1-5H3. The van der Waals surface area contributed by atoms with Gasteiger partial charge in [0, 0.05) is 4.90 Å². The summed E-state index contributed by atoms with van der Waals surface area (Å²) in [6.45, 7) is 8.84. The average Bonchev–Trinajstić information content (AvgIpc) is 2.45. The van der Waals surface area contributed by atoms with E-state index in [0.29, 0.717) is 0 Å². The number of hydrogen-bond acceptors (Lipinski definition) is 1. The van der Waals surface area contributed by atoms with E-state index in [1.165, 1.54) is 38.3 Å². The Morgan fingerprint density at radius 3 is 1.85 bits per heavy atom. The van der Waals surface area contributed by atoms with Crippen molar-refractivity contribution >= 4 is 27.7 Å². The summed E-state index contributed by atoms with van der Waals surface area (Å²) >= 11 is 5.68. The van der Waals surface area contributed by atoms with E-state index < -0.39 is 0 Å². The Morgan fingerprint density at radius 1 is 0.900 bits per heavy atom. The quantitative estimate of drug-likeness (QED) is 0.475. The van der Waals surface area contributed by atoms with Crippen LogP contribution in [0.5, 0.6) is 0 Å². The van der Waals surface area contributed by atoms with E-state index in [-0.39, 0.29) is 4.83 Å². The number of rotatable bonds is 3. The molecule has 0 aliphatic heterocycles. The minimum Gasteiger partial charge on any atom is -0.130 e. The topological polar surface area (TPSA) is 0 Å². The van der Waals surface area contributed by atoms with Gasteiger partial charge in [-0.25, -0.2) is 0 Å². The highest BCUT2D eigenvalue weighted by atomic mass is 79.9. The van der Waals surface area contributed by atoms with Crippen molar-refractivity contribution in [2.24, 2.45) is 0 Å². The Kier molecular flexibility index (Phi) is 4.98. The van der Waals surface area contributed by atoms with Gasteiger partial charge in [0.25, 0.3) is 0 Å². The molecule has 0 bridgehead atoms. The number of halogens is 1. The highest BCUT2D eigenvalue weighted by Crippen LogP contribution is 2.37. The number of benzene rings is 2. The summed E-state index contributed by atoms with van der Waals surface area (Å²) in [5, 5.41) is 0. The summed E-state index contributed by atoms with van der Waals surface area (Å²) < 4.78 is 0. The molecule has 0 aliphatic rings. The van der Waals surface area contributed by atoms with Crippen LogP contribution in [0.1, 0.15) is 38.2 Å². The lowest BCUT2D eigenvalue weighted by Crippen LogP contribution is -2.03. The molecule has 0 saturated carbocycles. The molecule has 0 radical (unpaired) electrons. The molecular weight excluding hydrogens is 328 g/mol. The maximum atomic E-state index is 3.90. The van der Waals surface area contributed by atoms with Gasteiger partial charge < -0.3 is 0 Å². The van der Waals surface area contributed by atoms with Crippen LogP contribution in [-0.4, -0.2) is 6.26 Å². The third-order valence-corrected chi connectivity index (χ3v) is 5.82. The summed E-state index contributed by atoms with van der Waals surface area (Å²) in [7, 11) is 0. The number of hydrogen-bond donors (Lipinski definition) is 0. The van der Waals surface area contributed by atoms with Gasteiger partial charge in [-0.3, -0.25) is 0 Å². The molecule has 20 heavy (non-hydrogen) atoms. The largest absolute Gasteiger partial charge is 0.130 e. The summed E-state index contributed by atoms with van der Waals surface area (Å²) in [6, 6.07) is 11.1. The van der Waals surface area contributed by atoms with Gasteiger partial charge in [0.2, 0.25) is 0 Å². The van der Waals surface area contributed by atoms with E-state index in [4.69, 9.17) is 0 Å². The molecule has 0 N–H and O–H groups in total. The first-order chi connectivity index (χ1) is 9.45. The molecule has 2 aromatic carbocycles. The van der Waals surface area contributed by atoms with Crippen molar-refractivity contribution < 1.29 is 0 Å². The van der Waals surface area contributed by atoms with E-state index in [1.807, 2.05) is 0 Å². The van der Waals surface area contributed by atoms with Crippen LogP contribution in [0.15, 0.2) is 35.2 Å². The Morgan fingerprint density at radius 2 is 1.40 bits per heavy atom. The van der Waals surface area contributed by atoms with E-state index in [9.17, 15) is 0 Å². The summed E-state index contributed by atoms with van der Waals surface area (Å²) in [6.07, 6.45) is 2.11. The molecule has 0 amide bonds. The lowest BCUT2D eigenvalue weighted by Gasteiger charge is -2.20. The van der Waals surface area contributed by atoms with Crippen molar-refractivity contribution in [1.82, 2.24) is 0 Å². The van der Waals surface area contributed by atoms with Crippen LogP contribution in [0.4, 0.5) is 0 Å². The van der Waals surface area contributed by atoms with Crippen LogP contribution in [0.25, 0.3) is 0 Å². The first kappa shape index (κ1) is 15.7. The normalized spacial score (nSPS) is 12.5. The molecule has 0 aromatic heterocycles. The zero-order valence-corrected chi connectivity index (χ0v) is 15.2. The molecular formula is C18H21BrS. The fraction of sp³-hybridized carbons (Fsp3) is 0.333. The zero-order valence-electron chi connectivity index (χ0n) is 12.8. The number of aryl methyl sites for hydroxylation is 2. The Labute approximate surface area is 135 Å². The van der Waals surface area contributed by atoms with Crippen LogP contribution in [0.2, 0.25) is 0 Å². The molecule has 0 saturated heterocycles. The minimum atomic E-state index is 0.261. The Bertz CT molecular complexity index is 588. The van der Waals surface area contributed by atoms with Crippen molar-refractivity contribution in [2.75, 3.05) is 6.26 Å². The van der Waals surface area contributed by atoms with Gasteiger partial charge in [0.1, 0.15) is 0 Å². The summed E-state index contributed by atoms with van der Waals surface area (Å²) in [4.78, 5) is 1.57. The molecule has 0 spiro atoms. The van der Waals surface area contributed by atoms with Crippen molar-refractivity contribution in [2.45, 2.75) is 37.4 Å². The molecule has 2 aromatic rings. The first-order valence-corrected chi connectivity index (χ1v) is 8.95. The highest BCUT2D eigenvalue weighted by Gasteiger charge is 2.17. The van der Waals surface area contributed by atoms with Gasteiger partial charge >= 0.3 is 0 Å². The van der Waals surface area contributed by atoms with Gasteiger partial charge in [-0.2, -0.15) is 0 Å². The Balaban J connectivity index is 2.49. The van der Waals surface area contributed by atoms with Crippen molar-refractivity contribution in [3.05, 3.63) is 63.7 Å². The summed E-state index contributed by atoms with van der Waals surface area (Å²) in [5.74, 6) is 0. The van der Waals surface area contributed by atoms with E-state index >= 15 is 0 Å². The van der Waals surface area contributed by atoms with Gasteiger partial charge in [-0.05, 0) is 79.5 Å². The molecule has 0 aliphatic carbocycles. The molecule has 0 fully saturated rings. The van der Waals surface area contributed by atoms with Crippen LogP contribution in [0.3, 0.4) is 0 Å². The maximum absolute atomic E-state index is 3.90. The Hall–Kier alpha value is -0.730. The van der Waals surface area contributed by atoms with Crippen LogP contribution >= 0.6 is 27.7 Å². The second-order valence-corrected chi connectivity index (χ2v) is 7.11. The predicted octanol–water partition coefficient (Wildman–Crippen LogP) is 6.13.